The van der Waals surface area contributed by atoms with Gasteiger partial charge in [-0.05, 0) is 17.5 Å². The van der Waals surface area contributed by atoms with E-state index in [-0.39, 0.29) is 5.91 Å². The number of nitrogens with zero attached hydrogens (tertiary/aromatic N) is 2. The molecular weight excluding hydrogens is 264 g/mol. The summed E-state index contributed by atoms with van der Waals surface area (Å²) in [5, 5.41) is 0. The van der Waals surface area contributed by atoms with Crippen molar-refractivity contribution >= 4 is 5.91 Å². The van der Waals surface area contributed by atoms with Crippen molar-refractivity contribution in [3.05, 3.63) is 29.8 Å². The van der Waals surface area contributed by atoms with E-state index in [2.05, 4.69) is 25.7 Å². The number of benzene rings is 1. The highest BCUT2D eigenvalue weighted by molar-refractivity contribution is 5.97. The average molecular weight is 290 g/mol. The number of amides is 1. The van der Waals surface area contributed by atoms with Gasteiger partial charge in [-0.25, -0.2) is 0 Å². The maximum atomic E-state index is 12.6. The Morgan fingerprint density at radius 2 is 1.76 bits per heavy atom. The van der Waals surface area contributed by atoms with E-state index in [1.807, 2.05) is 29.2 Å². The van der Waals surface area contributed by atoms with Gasteiger partial charge in [0.05, 0.1) is 12.7 Å². The van der Waals surface area contributed by atoms with Gasteiger partial charge in [-0.15, -0.1) is 0 Å². The molecule has 0 aliphatic carbocycles. The summed E-state index contributed by atoms with van der Waals surface area (Å²) in [5.74, 6) is 0.725. The van der Waals surface area contributed by atoms with Crippen molar-refractivity contribution in [1.82, 2.24) is 9.80 Å². The van der Waals surface area contributed by atoms with Gasteiger partial charge >= 0.3 is 0 Å². The first-order chi connectivity index (χ1) is 9.90. The highest BCUT2D eigenvalue weighted by Gasteiger charge is 2.25. The van der Waals surface area contributed by atoms with Crippen LogP contribution in [0.3, 0.4) is 0 Å². The fourth-order valence-corrected chi connectivity index (χ4v) is 2.77. The fraction of sp³-hybridized carbons (Fsp3) is 0.588. The van der Waals surface area contributed by atoms with Gasteiger partial charge in [0.15, 0.2) is 0 Å². The first-order valence-electron chi connectivity index (χ1n) is 7.55. The van der Waals surface area contributed by atoms with Crippen LogP contribution in [0.4, 0.5) is 0 Å². The highest BCUT2D eigenvalue weighted by atomic mass is 16.5. The summed E-state index contributed by atoms with van der Waals surface area (Å²) in [5.41, 5.74) is 0.957. The van der Waals surface area contributed by atoms with E-state index in [4.69, 9.17) is 4.74 Å². The van der Waals surface area contributed by atoms with Gasteiger partial charge in [0.1, 0.15) is 5.75 Å². The second-order valence-corrected chi connectivity index (χ2v) is 6.83. The summed E-state index contributed by atoms with van der Waals surface area (Å²) in [6.45, 7) is 11.3. The smallest absolute Gasteiger partial charge is 0.257 e. The van der Waals surface area contributed by atoms with Crippen LogP contribution >= 0.6 is 0 Å². The van der Waals surface area contributed by atoms with Gasteiger partial charge in [0.25, 0.3) is 5.91 Å². The number of hydrogen-bond acceptors (Lipinski definition) is 3. The van der Waals surface area contributed by atoms with Crippen LogP contribution in [0.1, 0.15) is 31.1 Å². The number of rotatable bonds is 3. The molecule has 116 valence electrons. The number of hydrogen-bond donors (Lipinski definition) is 0. The molecule has 1 heterocycles. The zero-order valence-electron chi connectivity index (χ0n) is 13.6. The molecule has 0 saturated carbocycles. The number of carbonyl (C=O) groups is 1. The molecule has 1 aliphatic heterocycles. The van der Waals surface area contributed by atoms with Crippen LogP contribution in [0.5, 0.6) is 5.75 Å². The predicted octanol–water partition coefficient (Wildman–Crippen LogP) is 2.50. The summed E-state index contributed by atoms with van der Waals surface area (Å²) in [7, 11) is 1.60. The molecule has 0 radical (unpaired) electrons. The second kappa shape index (κ2) is 6.48. The first-order valence-corrected chi connectivity index (χ1v) is 7.55. The second-order valence-electron chi connectivity index (χ2n) is 6.83. The van der Waals surface area contributed by atoms with Crippen molar-refractivity contribution in [1.29, 1.82) is 0 Å². The topological polar surface area (TPSA) is 32.8 Å². The summed E-state index contributed by atoms with van der Waals surface area (Å²) in [6.07, 6.45) is 0. The van der Waals surface area contributed by atoms with Crippen molar-refractivity contribution < 1.29 is 9.53 Å². The molecule has 21 heavy (non-hydrogen) atoms. The van der Waals surface area contributed by atoms with Gasteiger partial charge < -0.3 is 9.64 Å². The molecule has 4 heteroatoms. The summed E-state index contributed by atoms with van der Waals surface area (Å²) >= 11 is 0. The number of methoxy groups -OCH3 is 1. The first kappa shape index (κ1) is 15.8. The largest absolute Gasteiger partial charge is 0.496 e. The maximum Gasteiger partial charge on any atom is 0.257 e. The zero-order chi connectivity index (χ0) is 15.5. The van der Waals surface area contributed by atoms with Crippen LogP contribution in [0, 0.1) is 5.41 Å². The Morgan fingerprint density at radius 3 is 2.33 bits per heavy atom. The molecule has 1 fully saturated rings. The van der Waals surface area contributed by atoms with Gasteiger partial charge in [-0.3, -0.25) is 9.69 Å². The van der Waals surface area contributed by atoms with Crippen molar-refractivity contribution in [3.8, 4) is 5.75 Å². The van der Waals surface area contributed by atoms with Crippen molar-refractivity contribution in [3.63, 3.8) is 0 Å². The van der Waals surface area contributed by atoms with Crippen LogP contribution in [-0.2, 0) is 0 Å². The molecule has 1 saturated heterocycles. The van der Waals surface area contributed by atoms with Gasteiger partial charge in [-0.2, -0.15) is 0 Å². The van der Waals surface area contributed by atoms with Crippen LogP contribution < -0.4 is 4.74 Å². The zero-order valence-corrected chi connectivity index (χ0v) is 13.6. The minimum absolute atomic E-state index is 0.0721. The van der Waals surface area contributed by atoms with E-state index < -0.39 is 0 Å². The lowest BCUT2D eigenvalue weighted by Gasteiger charge is -2.38. The van der Waals surface area contributed by atoms with Crippen LogP contribution in [-0.4, -0.2) is 55.5 Å². The third-order valence-corrected chi connectivity index (χ3v) is 3.69. The number of carbonyl (C=O) groups excluding carboxylic acids is 1. The summed E-state index contributed by atoms with van der Waals surface area (Å²) in [4.78, 5) is 17.0. The average Bonchev–Trinajstić information content (AvgIpc) is 2.45. The molecule has 0 spiro atoms. The minimum atomic E-state index is 0.0721. The normalized spacial score (nSPS) is 16.9. The Labute approximate surface area is 127 Å². The third kappa shape index (κ3) is 4.21. The predicted molar refractivity (Wildman–Crippen MR) is 84.8 cm³/mol. The molecule has 0 bridgehead atoms. The monoisotopic (exact) mass is 290 g/mol. The summed E-state index contributed by atoms with van der Waals surface area (Å²) < 4.78 is 5.29. The SMILES string of the molecule is COc1ccccc1C(=O)N1CCN(CC(C)(C)C)CC1. The molecule has 0 atom stereocenters. The van der Waals surface area contributed by atoms with E-state index in [0.717, 1.165) is 32.7 Å². The standard InChI is InChI=1S/C17H26N2O2/c1-17(2,3)13-18-9-11-19(12-10-18)16(20)14-7-5-6-8-15(14)21-4/h5-8H,9-13H2,1-4H3. The van der Waals surface area contributed by atoms with Gasteiger partial charge in [0.2, 0.25) is 0 Å². The van der Waals surface area contributed by atoms with Crippen LogP contribution in [0.25, 0.3) is 0 Å². The van der Waals surface area contributed by atoms with Crippen molar-refractivity contribution in [2.75, 3.05) is 39.8 Å². The Bertz CT molecular complexity index is 486. The molecule has 1 amide bonds. The minimum Gasteiger partial charge on any atom is -0.496 e. The lowest BCUT2D eigenvalue weighted by atomic mass is 9.96. The molecule has 4 nitrogen and oxygen atoms in total. The molecule has 1 aromatic carbocycles. The van der Waals surface area contributed by atoms with E-state index in [9.17, 15) is 4.79 Å². The molecule has 0 aromatic heterocycles. The molecule has 2 rings (SSSR count). The number of ether oxygens (including phenoxy) is 1. The Hall–Kier alpha value is -1.55. The molecule has 0 unspecified atom stereocenters. The van der Waals surface area contributed by atoms with Crippen LogP contribution in [0.2, 0.25) is 0 Å². The van der Waals surface area contributed by atoms with E-state index in [1.54, 1.807) is 7.11 Å². The Kier molecular flexibility index (Phi) is 4.88. The Morgan fingerprint density at radius 1 is 1.14 bits per heavy atom. The maximum absolute atomic E-state index is 12.6. The molecule has 0 N–H and O–H groups in total. The molecule has 1 aromatic rings. The number of piperazine rings is 1. The van der Waals surface area contributed by atoms with E-state index in [0.29, 0.717) is 16.7 Å². The van der Waals surface area contributed by atoms with E-state index >= 15 is 0 Å². The fourth-order valence-electron chi connectivity index (χ4n) is 2.77. The van der Waals surface area contributed by atoms with Crippen LogP contribution in [0.15, 0.2) is 24.3 Å². The lowest BCUT2D eigenvalue weighted by molar-refractivity contribution is 0.0589. The summed E-state index contributed by atoms with van der Waals surface area (Å²) in [6, 6.07) is 7.44. The molecule has 1 aliphatic rings. The highest BCUT2D eigenvalue weighted by Crippen LogP contribution is 2.21. The Balaban J connectivity index is 1.97. The third-order valence-electron chi connectivity index (χ3n) is 3.69. The van der Waals surface area contributed by atoms with E-state index in [1.165, 1.54) is 0 Å². The van der Waals surface area contributed by atoms with Crippen molar-refractivity contribution in [2.45, 2.75) is 20.8 Å². The quantitative estimate of drug-likeness (QED) is 0.857. The van der Waals surface area contributed by atoms with Gasteiger partial charge in [-0.1, -0.05) is 32.9 Å². The van der Waals surface area contributed by atoms with Gasteiger partial charge in [0, 0.05) is 32.7 Å². The van der Waals surface area contributed by atoms with Crippen molar-refractivity contribution in [2.24, 2.45) is 5.41 Å². The number of para-hydroxylation sites is 1. The molecular formula is C17H26N2O2. The lowest BCUT2D eigenvalue weighted by Crippen LogP contribution is -2.50.